The first-order chi connectivity index (χ1) is 15.7. The van der Waals surface area contributed by atoms with E-state index in [9.17, 15) is 4.79 Å². The molecule has 0 radical (unpaired) electrons. The summed E-state index contributed by atoms with van der Waals surface area (Å²) in [5.41, 5.74) is 1.40. The van der Waals surface area contributed by atoms with Crippen molar-refractivity contribution in [2.45, 2.75) is 18.9 Å². The Labute approximate surface area is 187 Å². The molecule has 8 nitrogen and oxygen atoms in total. The number of ether oxygens (including phenoxy) is 2. The number of hydrogen-bond acceptors (Lipinski definition) is 7. The summed E-state index contributed by atoms with van der Waals surface area (Å²) in [6, 6.07) is 16.9. The lowest BCUT2D eigenvalue weighted by Gasteiger charge is -2.32. The second-order valence-electron chi connectivity index (χ2n) is 7.50. The Bertz CT molecular complexity index is 1070. The zero-order chi connectivity index (χ0) is 22.3. The van der Waals surface area contributed by atoms with E-state index in [4.69, 9.17) is 9.47 Å². The van der Waals surface area contributed by atoms with Crippen molar-refractivity contribution in [1.82, 2.24) is 15.3 Å². The Morgan fingerprint density at radius 3 is 2.41 bits per heavy atom. The van der Waals surface area contributed by atoms with Gasteiger partial charge in [-0.1, -0.05) is 24.3 Å². The van der Waals surface area contributed by atoms with Gasteiger partial charge in [0.25, 0.3) is 5.91 Å². The molecule has 1 aliphatic rings. The molecular weight excluding hydrogens is 406 g/mol. The van der Waals surface area contributed by atoms with Gasteiger partial charge in [0.15, 0.2) is 0 Å². The highest BCUT2D eigenvalue weighted by atomic mass is 16.5. The molecule has 0 saturated carbocycles. The van der Waals surface area contributed by atoms with Gasteiger partial charge in [0.05, 0.1) is 25.5 Å². The first kappa shape index (κ1) is 21.4. The van der Waals surface area contributed by atoms with E-state index < -0.39 is 0 Å². The van der Waals surface area contributed by atoms with Crippen LogP contribution >= 0.6 is 0 Å². The predicted octanol–water partition coefficient (Wildman–Crippen LogP) is 3.64. The summed E-state index contributed by atoms with van der Waals surface area (Å²) in [5.74, 6) is 2.58. The molecular formula is C24H27N5O3. The summed E-state index contributed by atoms with van der Waals surface area (Å²) < 4.78 is 10.7. The molecule has 32 heavy (non-hydrogen) atoms. The van der Waals surface area contributed by atoms with E-state index in [1.54, 1.807) is 32.5 Å². The van der Waals surface area contributed by atoms with Crippen LogP contribution in [-0.2, 0) is 0 Å². The lowest BCUT2D eigenvalue weighted by Crippen LogP contribution is -2.45. The van der Waals surface area contributed by atoms with Crippen LogP contribution in [0.5, 0.6) is 11.5 Å². The second-order valence-corrected chi connectivity index (χ2v) is 7.50. The van der Waals surface area contributed by atoms with Gasteiger partial charge in [0.1, 0.15) is 17.3 Å². The Morgan fingerprint density at radius 2 is 1.66 bits per heavy atom. The molecule has 1 fully saturated rings. The van der Waals surface area contributed by atoms with Crippen LogP contribution in [0.2, 0.25) is 0 Å². The fraction of sp³-hybridized carbons (Fsp3) is 0.292. The van der Waals surface area contributed by atoms with Crippen LogP contribution in [0.15, 0.2) is 60.8 Å². The third-order valence-electron chi connectivity index (χ3n) is 5.48. The largest absolute Gasteiger partial charge is 0.496 e. The maximum Gasteiger partial charge on any atom is 0.255 e. The Balaban J connectivity index is 1.36. The summed E-state index contributed by atoms with van der Waals surface area (Å²) in [7, 11) is 3.21. The number of carbonyl (C=O) groups excluding carboxylic acids is 1. The number of para-hydroxylation sites is 3. The number of hydrogen-bond donors (Lipinski definition) is 2. The smallest absolute Gasteiger partial charge is 0.255 e. The number of nitrogens with zero attached hydrogens (tertiary/aromatic N) is 3. The van der Waals surface area contributed by atoms with Crippen molar-refractivity contribution in [1.29, 1.82) is 0 Å². The van der Waals surface area contributed by atoms with Crippen LogP contribution in [0.3, 0.4) is 0 Å². The van der Waals surface area contributed by atoms with E-state index in [1.807, 2.05) is 42.5 Å². The van der Waals surface area contributed by atoms with E-state index in [0.29, 0.717) is 23.1 Å². The number of anilines is 3. The molecule has 0 bridgehead atoms. The molecule has 1 saturated heterocycles. The lowest BCUT2D eigenvalue weighted by molar-refractivity contribution is 0.0928. The molecule has 8 heteroatoms. The minimum absolute atomic E-state index is 0.0959. The van der Waals surface area contributed by atoms with Gasteiger partial charge in [0.2, 0.25) is 5.95 Å². The van der Waals surface area contributed by atoms with Crippen molar-refractivity contribution in [3.8, 4) is 11.5 Å². The van der Waals surface area contributed by atoms with E-state index >= 15 is 0 Å². The molecule has 0 aliphatic carbocycles. The fourth-order valence-electron chi connectivity index (χ4n) is 3.78. The zero-order valence-electron chi connectivity index (χ0n) is 18.2. The number of rotatable bonds is 7. The Kier molecular flexibility index (Phi) is 6.69. The molecule has 3 aromatic rings. The molecule has 2 aromatic carbocycles. The first-order valence-electron chi connectivity index (χ1n) is 10.6. The van der Waals surface area contributed by atoms with Gasteiger partial charge in [-0.2, -0.15) is 4.98 Å². The normalized spacial score (nSPS) is 14.0. The highest BCUT2D eigenvalue weighted by Gasteiger charge is 2.24. The maximum atomic E-state index is 12.7. The average Bonchev–Trinajstić information content (AvgIpc) is 2.85. The molecule has 2 heterocycles. The minimum Gasteiger partial charge on any atom is -0.496 e. The molecule has 1 aliphatic heterocycles. The molecule has 4 rings (SSSR count). The minimum atomic E-state index is -0.111. The monoisotopic (exact) mass is 433 g/mol. The summed E-state index contributed by atoms with van der Waals surface area (Å²) >= 11 is 0. The number of methoxy groups -OCH3 is 2. The third-order valence-corrected chi connectivity index (χ3v) is 5.48. The predicted molar refractivity (Wildman–Crippen MR) is 124 cm³/mol. The van der Waals surface area contributed by atoms with Crippen LogP contribution in [0, 0.1) is 0 Å². The highest BCUT2D eigenvalue weighted by Crippen LogP contribution is 2.27. The maximum absolute atomic E-state index is 12.7. The van der Waals surface area contributed by atoms with Gasteiger partial charge in [-0.15, -0.1) is 0 Å². The van der Waals surface area contributed by atoms with Gasteiger partial charge in [-0.3, -0.25) is 4.79 Å². The van der Waals surface area contributed by atoms with Gasteiger partial charge in [-0.05, 0) is 43.2 Å². The van der Waals surface area contributed by atoms with Crippen LogP contribution in [-0.4, -0.2) is 49.2 Å². The highest BCUT2D eigenvalue weighted by molar-refractivity contribution is 5.97. The lowest BCUT2D eigenvalue weighted by atomic mass is 10.0. The standard InChI is InChI=1S/C24H27N5O3/c1-31-20-9-5-3-7-18(20)23(30)26-17-12-15-29(16-13-17)24-25-14-11-22(28-24)27-19-8-4-6-10-21(19)32-2/h3-11,14,17H,12-13,15-16H2,1-2H3,(H,26,30)(H,25,27,28). The van der Waals surface area contributed by atoms with Crippen LogP contribution in [0.1, 0.15) is 23.2 Å². The molecule has 2 N–H and O–H groups in total. The van der Waals surface area contributed by atoms with Crippen molar-refractivity contribution in [3.05, 3.63) is 66.4 Å². The van der Waals surface area contributed by atoms with Crippen molar-refractivity contribution in [2.75, 3.05) is 37.5 Å². The number of carbonyl (C=O) groups is 1. The molecule has 1 aromatic heterocycles. The van der Waals surface area contributed by atoms with Gasteiger partial charge in [0, 0.05) is 25.3 Å². The first-order valence-corrected chi connectivity index (χ1v) is 10.6. The van der Waals surface area contributed by atoms with Crippen molar-refractivity contribution in [2.24, 2.45) is 0 Å². The SMILES string of the molecule is COc1ccccc1Nc1ccnc(N2CCC(NC(=O)c3ccccc3OC)CC2)n1. The van der Waals surface area contributed by atoms with E-state index in [-0.39, 0.29) is 11.9 Å². The van der Waals surface area contributed by atoms with Crippen molar-refractivity contribution >= 4 is 23.4 Å². The van der Waals surface area contributed by atoms with Crippen LogP contribution < -0.4 is 25.0 Å². The summed E-state index contributed by atoms with van der Waals surface area (Å²) in [5, 5.41) is 6.42. The Hall–Kier alpha value is -3.81. The number of piperidine rings is 1. The van der Waals surface area contributed by atoms with Crippen molar-refractivity contribution in [3.63, 3.8) is 0 Å². The molecule has 0 atom stereocenters. The molecule has 1 amide bonds. The van der Waals surface area contributed by atoms with Crippen LogP contribution in [0.25, 0.3) is 0 Å². The van der Waals surface area contributed by atoms with Crippen molar-refractivity contribution < 1.29 is 14.3 Å². The summed E-state index contributed by atoms with van der Waals surface area (Å²) in [6.45, 7) is 1.52. The second kappa shape index (κ2) is 10.00. The molecule has 0 unspecified atom stereocenters. The van der Waals surface area contributed by atoms with E-state index in [1.165, 1.54) is 0 Å². The average molecular weight is 434 g/mol. The fourth-order valence-corrected chi connectivity index (χ4v) is 3.78. The number of aromatic nitrogens is 2. The molecule has 166 valence electrons. The number of nitrogens with one attached hydrogen (secondary N) is 2. The number of amides is 1. The zero-order valence-corrected chi connectivity index (χ0v) is 18.2. The quantitative estimate of drug-likeness (QED) is 0.588. The Morgan fingerprint density at radius 1 is 0.969 bits per heavy atom. The molecule has 0 spiro atoms. The number of benzene rings is 2. The summed E-state index contributed by atoms with van der Waals surface area (Å²) in [4.78, 5) is 23.9. The van der Waals surface area contributed by atoms with Crippen LogP contribution in [0.4, 0.5) is 17.5 Å². The third kappa shape index (κ3) is 4.91. The van der Waals surface area contributed by atoms with E-state index in [0.717, 1.165) is 37.4 Å². The summed E-state index contributed by atoms with van der Waals surface area (Å²) in [6.07, 6.45) is 3.37. The van der Waals surface area contributed by atoms with Gasteiger partial charge in [-0.25, -0.2) is 4.98 Å². The topological polar surface area (TPSA) is 88.6 Å². The van der Waals surface area contributed by atoms with Gasteiger partial charge < -0.3 is 25.0 Å². The van der Waals surface area contributed by atoms with Gasteiger partial charge >= 0.3 is 0 Å². The van der Waals surface area contributed by atoms with E-state index in [2.05, 4.69) is 25.5 Å².